The molecule has 0 N–H and O–H groups in total. The minimum Gasteiger partial charge on any atom is -0.497 e. The van der Waals surface area contributed by atoms with E-state index in [0.717, 1.165) is 22.8 Å². The van der Waals surface area contributed by atoms with Crippen LogP contribution in [0, 0.1) is 0 Å². The highest BCUT2D eigenvalue weighted by Crippen LogP contribution is 2.24. The van der Waals surface area contributed by atoms with Crippen LogP contribution in [0.5, 0.6) is 5.75 Å². The molecule has 8 heteroatoms. The summed E-state index contributed by atoms with van der Waals surface area (Å²) in [6.07, 6.45) is 0. The predicted octanol–water partition coefficient (Wildman–Crippen LogP) is 4.42. The Morgan fingerprint density at radius 1 is 0.933 bits per heavy atom. The molecule has 3 aromatic rings. The molecule has 30 heavy (non-hydrogen) atoms. The van der Waals surface area contributed by atoms with Gasteiger partial charge in [-0.15, -0.1) is 10.2 Å². The van der Waals surface area contributed by atoms with E-state index in [2.05, 4.69) is 15.1 Å². The summed E-state index contributed by atoms with van der Waals surface area (Å²) in [5.41, 5.74) is 2.20. The van der Waals surface area contributed by atoms with Crippen molar-refractivity contribution in [2.75, 3.05) is 38.2 Å². The molecule has 4 rings (SSSR count). The van der Waals surface area contributed by atoms with Gasteiger partial charge in [-0.2, -0.15) is 0 Å². The van der Waals surface area contributed by atoms with Crippen LogP contribution in [-0.2, 0) is 0 Å². The van der Waals surface area contributed by atoms with Gasteiger partial charge in [0.2, 0.25) is 0 Å². The fraction of sp³-hybridized carbons (Fsp3) is 0.227. The zero-order valence-corrected chi connectivity index (χ0v) is 17.9. The lowest BCUT2D eigenvalue weighted by atomic mass is 10.1. The number of nitrogens with zero attached hydrogens (tertiary/aromatic N) is 4. The molecule has 1 amide bonds. The quantitative estimate of drug-likeness (QED) is 0.598. The molecule has 1 aliphatic heterocycles. The van der Waals surface area contributed by atoms with Crippen molar-refractivity contribution in [2.24, 2.45) is 0 Å². The Bertz CT molecular complexity index is 1030. The van der Waals surface area contributed by atoms with E-state index in [1.807, 2.05) is 36.4 Å². The maximum absolute atomic E-state index is 12.8. The number of ether oxygens (including phenoxy) is 1. The van der Waals surface area contributed by atoms with Crippen LogP contribution in [0.25, 0.3) is 11.3 Å². The lowest BCUT2D eigenvalue weighted by Gasteiger charge is -2.35. The van der Waals surface area contributed by atoms with Gasteiger partial charge in [-0.3, -0.25) is 4.79 Å². The SMILES string of the molecule is COc1ccc(-c2ccc(N3CCN(C(=O)c4cc(Cl)ccc4Cl)CC3)nn2)cc1. The number of aromatic nitrogens is 2. The summed E-state index contributed by atoms with van der Waals surface area (Å²) in [5, 5.41) is 9.64. The molecule has 1 aromatic heterocycles. The van der Waals surface area contributed by atoms with Crippen LogP contribution in [0.2, 0.25) is 10.0 Å². The third kappa shape index (κ3) is 4.35. The highest BCUT2D eigenvalue weighted by molar-refractivity contribution is 6.35. The summed E-state index contributed by atoms with van der Waals surface area (Å²) in [6, 6.07) is 16.5. The minimum absolute atomic E-state index is 0.108. The van der Waals surface area contributed by atoms with Crippen molar-refractivity contribution in [3.05, 3.63) is 70.2 Å². The Kier molecular flexibility index (Phi) is 6.06. The molecule has 0 saturated carbocycles. The number of amides is 1. The van der Waals surface area contributed by atoms with Crippen molar-refractivity contribution < 1.29 is 9.53 Å². The zero-order valence-electron chi connectivity index (χ0n) is 16.4. The van der Waals surface area contributed by atoms with Crippen LogP contribution >= 0.6 is 23.2 Å². The number of hydrogen-bond acceptors (Lipinski definition) is 5. The summed E-state index contributed by atoms with van der Waals surface area (Å²) < 4.78 is 5.18. The molecular weight excluding hydrogens is 423 g/mol. The van der Waals surface area contributed by atoms with Gasteiger partial charge in [-0.1, -0.05) is 23.2 Å². The topological polar surface area (TPSA) is 58.6 Å². The number of carbonyl (C=O) groups is 1. The predicted molar refractivity (Wildman–Crippen MR) is 119 cm³/mol. The van der Waals surface area contributed by atoms with Crippen LogP contribution < -0.4 is 9.64 Å². The number of halogens is 2. The van der Waals surface area contributed by atoms with Gasteiger partial charge in [-0.05, 0) is 54.6 Å². The van der Waals surface area contributed by atoms with Crippen LogP contribution in [0.4, 0.5) is 5.82 Å². The smallest absolute Gasteiger partial charge is 0.255 e. The van der Waals surface area contributed by atoms with Crippen LogP contribution in [0.15, 0.2) is 54.6 Å². The normalized spacial score (nSPS) is 14.0. The first-order chi connectivity index (χ1) is 14.5. The monoisotopic (exact) mass is 442 g/mol. The highest BCUT2D eigenvalue weighted by atomic mass is 35.5. The molecule has 0 atom stereocenters. The average Bonchev–Trinajstić information content (AvgIpc) is 2.80. The molecule has 0 aliphatic carbocycles. The van der Waals surface area contributed by atoms with Gasteiger partial charge in [0.25, 0.3) is 5.91 Å². The van der Waals surface area contributed by atoms with Gasteiger partial charge in [0.1, 0.15) is 5.75 Å². The Morgan fingerprint density at radius 2 is 1.67 bits per heavy atom. The molecule has 1 fully saturated rings. The second-order valence-electron chi connectivity index (χ2n) is 6.91. The fourth-order valence-electron chi connectivity index (χ4n) is 3.38. The van der Waals surface area contributed by atoms with E-state index in [9.17, 15) is 4.79 Å². The zero-order chi connectivity index (χ0) is 21.1. The molecule has 2 aromatic carbocycles. The Labute approximate surface area is 185 Å². The van der Waals surface area contributed by atoms with E-state index in [4.69, 9.17) is 27.9 Å². The Hall–Kier alpha value is -2.83. The van der Waals surface area contributed by atoms with Gasteiger partial charge in [0.15, 0.2) is 5.82 Å². The van der Waals surface area contributed by atoms with Gasteiger partial charge in [0.05, 0.1) is 23.4 Å². The van der Waals surface area contributed by atoms with Crippen molar-refractivity contribution in [2.45, 2.75) is 0 Å². The van der Waals surface area contributed by atoms with E-state index in [1.165, 1.54) is 0 Å². The van der Waals surface area contributed by atoms with Gasteiger partial charge < -0.3 is 14.5 Å². The second kappa shape index (κ2) is 8.90. The van der Waals surface area contributed by atoms with Gasteiger partial charge in [-0.25, -0.2) is 0 Å². The molecule has 0 radical (unpaired) electrons. The molecule has 0 spiro atoms. The largest absolute Gasteiger partial charge is 0.497 e. The number of hydrogen-bond donors (Lipinski definition) is 0. The van der Waals surface area contributed by atoms with Crippen molar-refractivity contribution >= 4 is 34.9 Å². The van der Waals surface area contributed by atoms with Crippen LogP contribution in [0.1, 0.15) is 10.4 Å². The number of benzene rings is 2. The molecule has 2 heterocycles. The van der Waals surface area contributed by atoms with Crippen molar-refractivity contribution in [1.82, 2.24) is 15.1 Å². The van der Waals surface area contributed by atoms with Crippen molar-refractivity contribution in [3.63, 3.8) is 0 Å². The Balaban J connectivity index is 1.40. The number of anilines is 1. The summed E-state index contributed by atoms with van der Waals surface area (Å²) in [4.78, 5) is 16.7. The van der Waals surface area contributed by atoms with Gasteiger partial charge >= 0.3 is 0 Å². The molecule has 154 valence electrons. The lowest BCUT2D eigenvalue weighted by Crippen LogP contribution is -2.49. The summed E-state index contributed by atoms with van der Waals surface area (Å²) in [5.74, 6) is 1.48. The van der Waals surface area contributed by atoms with Crippen molar-refractivity contribution in [3.8, 4) is 17.0 Å². The molecule has 6 nitrogen and oxygen atoms in total. The highest BCUT2D eigenvalue weighted by Gasteiger charge is 2.24. The molecular formula is C22H20Cl2N4O2. The Morgan fingerprint density at radius 3 is 2.30 bits per heavy atom. The second-order valence-corrected chi connectivity index (χ2v) is 7.75. The van der Waals surface area contributed by atoms with E-state index in [0.29, 0.717) is 41.8 Å². The molecule has 1 aliphatic rings. The first kappa shape index (κ1) is 20.4. The number of rotatable bonds is 4. The number of methoxy groups -OCH3 is 1. The minimum atomic E-state index is -0.108. The lowest BCUT2D eigenvalue weighted by molar-refractivity contribution is 0.0746. The molecule has 0 unspecified atom stereocenters. The number of carbonyl (C=O) groups excluding carboxylic acids is 1. The molecule has 1 saturated heterocycles. The first-order valence-corrected chi connectivity index (χ1v) is 10.3. The first-order valence-electron chi connectivity index (χ1n) is 9.52. The van der Waals surface area contributed by atoms with Gasteiger partial charge in [0, 0.05) is 36.8 Å². The summed E-state index contributed by atoms with van der Waals surface area (Å²) in [7, 11) is 1.64. The summed E-state index contributed by atoms with van der Waals surface area (Å²) >= 11 is 12.2. The maximum atomic E-state index is 12.8. The molecule has 0 bridgehead atoms. The average molecular weight is 443 g/mol. The van der Waals surface area contributed by atoms with E-state index < -0.39 is 0 Å². The fourth-order valence-corrected chi connectivity index (χ4v) is 3.75. The van der Waals surface area contributed by atoms with Crippen molar-refractivity contribution in [1.29, 1.82) is 0 Å². The third-order valence-corrected chi connectivity index (χ3v) is 5.65. The van der Waals surface area contributed by atoms with E-state index in [1.54, 1.807) is 30.2 Å². The maximum Gasteiger partial charge on any atom is 0.255 e. The number of piperazine rings is 1. The van der Waals surface area contributed by atoms with Crippen LogP contribution in [0.3, 0.4) is 0 Å². The van der Waals surface area contributed by atoms with E-state index in [-0.39, 0.29) is 5.91 Å². The third-order valence-electron chi connectivity index (χ3n) is 5.09. The standard InChI is InChI=1S/C22H20Cl2N4O2/c1-30-17-5-2-15(3-6-17)20-8-9-21(26-25-20)27-10-12-28(13-11-27)22(29)18-14-16(23)4-7-19(18)24/h2-9,14H,10-13H2,1H3. The van der Waals surface area contributed by atoms with Crippen LogP contribution in [-0.4, -0.2) is 54.3 Å². The van der Waals surface area contributed by atoms with E-state index >= 15 is 0 Å². The summed E-state index contributed by atoms with van der Waals surface area (Å²) in [6.45, 7) is 2.48.